The smallest absolute Gasteiger partial charge is 0.127 e. The molecule has 104 valence electrons. The van der Waals surface area contributed by atoms with Crippen LogP contribution in [-0.4, -0.2) is 9.78 Å². The van der Waals surface area contributed by atoms with E-state index in [0.717, 1.165) is 24.4 Å². The zero-order valence-electron chi connectivity index (χ0n) is 10.6. The van der Waals surface area contributed by atoms with Gasteiger partial charge in [-0.05, 0) is 31.2 Å². The molecule has 0 spiro atoms. The number of aryl methyl sites for hydroxylation is 1. The third kappa shape index (κ3) is 4.29. The van der Waals surface area contributed by atoms with Crippen LogP contribution in [0.1, 0.15) is 18.2 Å². The Hall–Kier alpha value is -1.46. The molecule has 2 rings (SSSR count). The van der Waals surface area contributed by atoms with Crippen LogP contribution in [0.3, 0.4) is 0 Å². The van der Waals surface area contributed by atoms with Crippen molar-refractivity contribution in [3.63, 3.8) is 0 Å². The summed E-state index contributed by atoms with van der Waals surface area (Å²) in [6.07, 6.45) is 1.89. The van der Waals surface area contributed by atoms with E-state index < -0.39 is 11.6 Å². The third-order valence-electron chi connectivity index (χ3n) is 2.65. The Morgan fingerprint density at radius 3 is 2.68 bits per heavy atom. The van der Waals surface area contributed by atoms with Crippen LogP contribution >= 0.6 is 12.4 Å². The van der Waals surface area contributed by atoms with Crippen molar-refractivity contribution in [2.45, 2.75) is 26.6 Å². The number of halogens is 3. The lowest BCUT2D eigenvalue weighted by molar-refractivity contribution is 0.564. The first-order valence-electron chi connectivity index (χ1n) is 5.86. The van der Waals surface area contributed by atoms with E-state index in [1.54, 1.807) is 0 Å². The Bertz CT molecular complexity index is 528. The van der Waals surface area contributed by atoms with Gasteiger partial charge < -0.3 is 5.32 Å². The van der Waals surface area contributed by atoms with Crippen molar-refractivity contribution in [3.05, 3.63) is 53.4 Å². The zero-order valence-corrected chi connectivity index (χ0v) is 11.4. The van der Waals surface area contributed by atoms with Crippen molar-refractivity contribution < 1.29 is 8.78 Å². The highest BCUT2D eigenvalue weighted by atomic mass is 35.5. The lowest BCUT2D eigenvalue weighted by atomic mass is 10.2. The Kier molecular flexibility index (Phi) is 5.92. The fourth-order valence-corrected chi connectivity index (χ4v) is 1.68. The molecule has 1 aromatic carbocycles. The Balaban J connectivity index is 0.00000180. The maximum atomic E-state index is 13.3. The van der Waals surface area contributed by atoms with E-state index in [9.17, 15) is 8.78 Å². The summed E-state index contributed by atoms with van der Waals surface area (Å²) < 4.78 is 28.1. The second-order valence-electron chi connectivity index (χ2n) is 4.00. The zero-order chi connectivity index (χ0) is 13.0. The van der Waals surface area contributed by atoms with Crippen LogP contribution in [-0.2, 0) is 19.6 Å². The molecule has 0 fully saturated rings. The van der Waals surface area contributed by atoms with Crippen LogP contribution in [0.2, 0.25) is 0 Å². The summed E-state index contributed by atoms with van der Waals surface area (Å²) in [5.74, 6) is -0.827. The van der Waals surface area contributed by atoms with Gasteiger partial charge in [0.15, 0.2) is 0 Å². The minimum absolute atomic E-state index is 0. The molecule has 19 heavy (non-hydrogen) atoms. The van der Waals surface area contributed by atoms with Crippen molar-refractivity contribution in [2.24, 2.45) is 0 Å². The van der Waals surface area contributed by atoms with Gasteiger partial charge in [-0.1, -0.05) is 0 Å². The van der Waals surface area contributed by atoms with Gasteiger partial charge in [-0.2, -0.15) is 5.10 Å². The predicted molar refractivity (Wildman–Crippen MR) is 72.1 cm³/mol. The maximum Gasteiger partial charge on any atom is 0.127 e. The summed E-state index contributed by atoms with van der Waals surface area (Å²) in [6.45, 7) is 3.64. The molecule has 1 heterocycles. The normalized spacial score (nSPS) is 10.3. The largest absolute Gasteiger partial charge is 0.307 e. The van der Waals surface area contributed by atoms with Gasteiger partial charge in [0.2, 0.25) is 0 Å². The SMILES string of the molecule is CCn1ccc(CNCc2cc(F)ccc2F)n1.Cl. The van der Waals surface area contributed by atoms with Crippen LogP contribution in [0.5, 0.6) is 0 Å². The van der Waals surface area contributed by atoms with Crippen LogP contribution in [0.15, 0.2) is 30.5 Å². The summed E-state index contributed by atoms with van der Waals surface area (Å²) in [7, 11) is 0. The van der Waals surface area contributed by atoms with Gasteiger partial charge in [0, 0.05) is 31.4 Å². The van der Waals surface area contributed by atoms with Crippen LogP contribution in [0, 0.1) is 11.6 Å². The molecule has 0 bridgehead atoms. The van der Waals surface area contributed by atoms with E-state index in [-0.39, 0.29) is 19.0 Å². The molecule has 2 aromatic rings. The van der Waals surface area contributed by atoms with E-state index in [0.29, 0.717) is 12.1 Å². The Morgan fingerprint density at radius 2 is 2.00 bits per heavy atom. The summed E-state index contributed by atoms with van der Waals surface area (Å²) in [5.41, 5.74) is 1.21. The second-order valence-corrected chi connectivity index (χ2v) is 4.00. The average molecular weight is 288 g/mol. The number of aromatic nitrogens is 2. The molecule has 0 radical (unpaired) electrons. The molecule has 0 aliphatic carbocycles. The highest BCUT2D eigenvalue weighted by Gasteiger charge is 2.04. The average Bonchev–Trinajstić information content (AvgIpc) is 2.81. The predicted octanol–water partition coefficient (Wildman–Crippen LogP) is 2.89. The van der Waals surface area contributed by atoms with Gasteiger partial charge >= 0.3 is 0 Å². The van der Waals surface area contributed by atoms with E-state index in [2.05, 4.69) is 10.4 Å². The summed E-state index contributed by atoms with van der Waals surface area (Å²) in [4.78, 5) is 0. The van der Waals surface area contributed by atoms with Crippen molar-refractivity contribution in [3.8, 4) is 0 Å². The minimum Gasteiger partial charge on any atom is -0.307 e. The molecular formula is C13H16ClF2N3. The standard InChI is InChI=1S/C13H15F2N3.ClH/c1-2-18-6-5-12(17-18)9-16-8-10-7-11(14)3-4-13(10)15;/h3-7,16H,2,8-9H2,1H3;1H. The van der Waals surface area contributed by atoms with Crippen LogP contribution in [0.25, 0.3) is 0 Å². The number of nitrogens with one attached hydrogen (secondary N) is 1. The lowest BCUT2D eigenvalue weighted by Crippen LogP contribution is -2.14. The molecule has 0 aliphatic rings. The van der Waals surface area contributed by atoms with Crippen molar-refractivity contribution in [1.82, 2.24) is 15.1 Å². The first kappa shape index (κ1) is 15.6. The van der Waals surface area contributed by atoms with Crippen LogP contribution < -0.4 is 5.32 Å². The van der Waals surface area contributed by atoms with Gasteiger partial charge in [-0.15, -0.1) is 12.4 Å². The van der Waals surface area contributed by atoms with E-state index >= 15 is 0 Å². The number of hydrogen-bond donors (Lipinski definition) is 1. The fourth-order valence-electron chi connectivity index (χ4n) is 1.68. The Morgan fingerprint density at radius 1 is 1.21 bits per heavy atom. The van der Waals surface area contributed by atoms with Crippen LogP contribution in [0.4, 0.5) is 8.78 Å². The molecule has 1 N–H and O–H groups in total. The number of hydrogen-bond acceptors (Lipinski definition) is 2. The van der Waals surface area contributed by atoms with E-state index in [1.165, 1.54) is 6.07 Å². The molecule has 0 amide bonds. The van der Waals surface area contributed by atoms with Crippen molar-refractivity contribution in [2.75, 3.05) is 0 Å². The quantitative estimate of drug-likeness (QED) is 0.916. The third-order valence-corrected chi connectivity index (χ3v) is 2.65. The molecule has 1 aromatic heterocycles. The molecule has 0 unspecified atom stereocenters. The van der Waals surface area contributed by atoms with E-state index in [1.807, 2.05) is 23.9 Å². The van der Waals surface area contributed by atoms with Crippen molar-refractivity contribution >= 4 is 12.4 Å². The highest BCUT2D eigenvalue weighted by Crippen LogP contribution is 2.09. The maximum absolute atomic E-state index is 13.3. The molecular weight excluding hydrogens is 272 g/mol. The second kappa shape index (κ2) is 7.21. The van der Waals surface area contributed by atoms with Gasteiger partial charge in [0.25, 0.3) is 0 Å². The molecule has 0 aliphatic heterocycles. The van der Waals surface area contributed by atoms with Gasteiger partial charge in [0.05, 0.1) is 5.69 Å². The first-order valence-corrected chi connectivity index (χ1v) is 5.86. The molecule has 0 saturated heterocycles. The molecule has 0 saturated carbocycles. The molecule has 3 nitrogen and oxygen atoms in total. The lowest BCUT2D eigenvalue weighted by Gasteiger charge is -2.04. The van der Waals surface area contributed by atoms with Gasteiger partial charge in [-0.25, -0.2) is 8.78 Å². The van der Waals surface area contributed by atoms with E-state index in [4.69, 9.17) is 0 Å². The number of rotatable bonds is 5. The number of benzene rings is 1. The Labute approximate surface area is 117 Å². The monoisotopic (exact) mass is 287 g/mol. The molecule has 6 heteroatoms. The fraction of sp³-hybridized carbons (Fsp3) is 0.308. The van der Waals surface area contributed by atoms with Gasteiger partial charge in [-0.3, -0.25) is 4.68 Å². The number of nitrogens with zero attached hydrogens (tertiary/aromatic N) is 2. The van der Waals surface area contributed by atoms with Crippen molar-refractivity contribution in [1.29, 1.82) is 0 Å². The summed E-state index contributed by atoms with van der Waals surface area (Å²) >= 11 is 0. The summed E-state index contributed by atoms with van der Waals surface area (Å²) in [6, 6.07) is 5.35. The topological polar surface area (TPSA) is 29.9 Å². The highest BCUT2D eigenvalue weighted by molar-refractivity contribution is 5.85. The minimum atomic E-state index is -0.427. The first-order chi connectivity index (χ1) is 8.69. The van der Waals surface area contributed by atoms with Gasteiger partial charge in [0.1, 0.15) is 11.6 Å². The summed E-state index contributed by atoms with van der Waals surface area (Å²) in [5, 5.41) is 7.33. The molecule has 0 atom stereocenters.